The van der Waals surface area contributed by atoms with Crippen LogP contribution in [0.5, 0.6) is 0 Å². The minimum Gasteiger partial charge on any atom is -0.395 e. The van der Waals surface area contributed by atoms with E-state index in [0.717, 1.165) is 17.7 Å². The molecule has 0 spiro atoms. The number of urea groups is 1. The number of hydrogen-bond donors (Lipinski definition) is 3. The lowest BCUT2D eigenvalue weighted by molar-refractivity contribution is 0.177. The third-order valence-corrected chi connectivity index (χ3v) is 2.98. The van der Waals surface area contributed by atoms with Crippen molar-refractivity contribution >= 4 is 11.7 Å². The maximum Gasteiger partial charge on any atom is 0.317 e. The number of nitrogens with zero attached hydrogens (tertiary/aromatic N) is 1. The highest BCUT2D eigenvalue weighted by Crippen LogP contribution is 2.11. The summed E-state index contributed by atoms with van der Waals surface area (Å²) in [5.74, 6) is 0. The standard InChI is InChI=1S/C16H27N3O2/c1-4-8-19(9-10-20)16(21)17-12-14-6-5-7-15(11-14)18-13(2)3/h5-7,11,13,18,20H,4,8-10,12H2,1-3H3,(H,17,21). The van der Waals surface area contributed by atoms with Gasteiger partial charge in [-0.15, -0.1) is 0 Å². The lowest BCUT2D eigenvalue weighted by atomic mass is 10.2. The van der Waals surface area contributed by atoms with Gasteiger partial charge < -0.3 is 20.6 Å². The number of anilines is 1. The number of aliphatic hydroxyl groups is 1. The Bertz CT molecular complexity index is 429. The molecule has 21 heavy (non-hydrogen) atoms. The summed E-state index contributed by atoms with van der Waals surface area (Å²) in [6, 6.07) is 8.26. The first kappa shape index (κ1) is 17.3. The van der Waals surface area contributed by atoms with E-state index < -0.39 is 0 Å². The number of hydrogen-bond acceptors (Lipinski definition) is 3. The molecule has 0 heterocycles. The monoisotopic (exact) mass is 293 g/mol. The molecule has 0 aliphatic carbocycles. The zero-order chi connectivity index (χ0) is 15.7. The van der Waals surface area contributed by atoms with E-state index in [2.05, 4.69) is 24.5 Å². The summed E-state index contributed by atoms with van der Waals surface area (Å²) in [4.78, 5) is 13.7. The molecule has 0 radical (unpaired) electrons. The van der Waals surface area contributed by atoms with Crippen molar-refractivity contribution in [1.82, 2.24) is 10.2 Å². The van der Waals surface area contributed by atoms with Crippen LogP contribution in [0.4, 0.5) is 10.5 Å². The molecule has 0 aliphatic rings. The molecule has 1 rings (SSSR count). The van der Waals surface area contributed by atoms with Gasteiger partial charge in [0.25, 0.3) is 0 Å². The van der Waals surface area contributed by atoms with E-state index in [1.807, 2.05) is 31.2 Å². The van der Waals surface area contributed by atoms with Gasteiger partial charge in [0.15, 0.2) is 0 Å². The van der Waals surface area contributed by atoms with Crippen molar-refractivity contribution in [3.63, 3.8) is 0 Å². The summed E-state index contributed by atoms with van der Waals surface area (Å²) >= 11 is 0. The largest absolute Gasteiger partial charge is 0.395 e. The summed E-state index contributed by atoms with van der Waals surface area (Å²) in [6.07, 6.45) is 0.876. The van der Waals surface area contributed by atoms with Crippen molar-refractivity contribution < 1.29 is 9.90 Å². The van der Waals surface area contributed by atoms with Crippen LogP contribution in [0.1, 0.15) is 32.8 Å². The second kappa shape index (κ2) is 9.23. The van der Waals surface area contributed by atoms with Gasteiger partial charge in [0.05, 0.1) is 6.61 Å². The lowest BCUT2D eigenvalue weighted by Gasteiger charge is -2.21. The molecule has 0 unspecified atom stereocenters. The molecule has 0 atom stereocenters. The molecular formula is C16H27N3O2. The molecule has 5 heteroatoms. The number of amides is 2. The topological polar surface area (TPSA) is 64.6 Å². The Morgan fingerprint density at radius 1 is 1.33 bits per heavy atom. The third kappa shape index (κ3) is 6.49. The fourth-order valence-electron chi connectivity index (χ4n) is 2.10. The summed E-state index contributed by atoms with van der Waals surface area (Å²) in [5, 5.41) is 15.2. The van der Waals surface area contributed by atoms with E-state index in [9.17, 15) is 4.79 Å². The van der Waals surface area contributed by atoms with E-state index in [-0.39, 0.29) is 12.6 Å². The number of carbonyl (C=O) groups is 1. The molecule has 0 bridgehead atoms. The Kier molecular flexibility index (Phi) is 7.61. The van der Waals surface area contributed by atoms with Crippen LogP contribution in [-0.4, -0.2) is 41.8 Å². The normalized spacial score (nSPS) is 10.5. The Morgan fingerprint density at radius 2 is 2.10 bits per heavy atom. The van der Waals surface area contributed by atoms with Crippen molar-refractivity contribution in [2.45, 2.75) is 39.8 Å². The summed E-state index contributed by atoms with van der Waals surface area (Å²) in [6.45, 7) is 7.69. The van der Waals surface area contributed by atoms with Crippen molar-refractivity contribution in [3.8, 4) is 0 Å². The summed E-state index contributed by atoms with van der Waals surface area (Å²) in [7, 11) is 0. The molecule has 0 aliphatic heterocycles. The highest BCUT2D eigenvalue weighted by atomic mass is 16.3. The smallest absolute Gasteiger partial charge is 0.317 e. The van der Waals surface area contributed by atoms with Gasteiger partial charge in [0.1, 0.15) is 0 Å². The van der Waals surface area contributed by atoms with E-state index in [1.54, 1.807) is 4.90 Å². The first-order valence-electron chi connectivity index (χ1n) is 7.56. The van der Waals surface area contributed by atoms with Gasteiger partial charge in [-0.3, -0.25) is 0 Å². The highest BCUT2D eigenvalue weighted by molar-refractivity contribution is 5.74. The van der Waals surface area contributed by atoms with Gasteiger partial charge in [-0.2, -0.15) is 0 Å². The van der Waals surface area contributed by atoms with Crippen molar-refractivity contribution in [2.75, 3.05) is 25.0 Å². The maximum absolute atomic E-state index is 12.0. The quantitative estimate of drug-likeness (QED) is 0.689. The van der Waals surface area contributed by atoms with Crippen molar-refractivity contribution in [3.05, 3.63) is 29.8 Å². The predicted octanol–water partition coefficient (Wildman–Crippen LogP) is 2.42. The molecule has 0 fully saturated rings. The first-order valence-corrected chi connectivity index (χ1v) is 7.56. The number of aliphatic hydroxyl groups excluding tert-OH is 1. The summed E-state index contributed by atoms with van der Waals surface area (Å²) in [5.41, 5.74) is 2.10. The van der Waals surface area contributed by atoms with E-state index >= 15 is 0 Å². The number of nitrogens with one attached hydrogen (secondary N) is 2. The number of benzene rings is 1. The molecular weight excluding hydrogens is 266 g/mol. The van der Waals surface area contributed by atoms with Crippen LogP contribution in [0, 0.1) is 0 Å². The third-order valence-electron chi connectivity index (χ3n) is 2.98. The molecule has 2 amide bonds. The first-order chi connectivity index (χ1) is 10.1. The number of carbonyl (C=O) groups excluding carboxylic acids is 1. The fourth-order valence-corrected chi connectivity index (χ4v) is 2.10. The van der Waals surface area contributed by atoms with Gasteiger partial charge in [-0.05, 0) is 38.0 Å². The molecule has 0 saturated carbocycles. The van der Waals surface area contributed by atoms with Crippen LogP contribution in [-0.2, 0) is 6.54 Å². The van der Waals surface area contributed by atoms with Crippen LogP contribution < -0.4 is 10.6 Å². The minimum atomic E-state index is -0.131. The predicted molar refractivity (Wildman–Crippen MR) is 86.4 cm³/mol. The molecule has 5 nitrogen and oxygen atoms in total. The Balaban J connectivity index is 2.55. The van der Waals surface area contributed by atoms with Gasteiger partial charge in [0, 0.05) is 31.4 Å². The molecule has 118 valence electrons. The SMILES string of the molecule is CCCN(CCO)C(=O)NCc1cccc(NC(C)C)c1. The highest BCUT2D eigenvalue weighted by Gasteiger charge is 2.11. The zero-order valence-electron chi connectivity index (χ0n) is 13.2. The fraction of sp³-hybridized carbons (Fsp3) is 0.562. The van der Waals surface area contributed by atoms with Crippen LogP contribution >= 0.6 is 0 Å². The molecule has 3 N–H and O–H groups in total. The average molecular weight is 293 g/mol. The molecule has 1 aromatic carbocycles. The van der Waals surface area contributed by atoms with E-state index in [0.29, 0.717) is 25.7 Å². The van der Waals surface area contributed by atoms with E-state index in [1.165, 1.54) is 0 Å². The Hall–Kier alpha value is -1.75. The minimum absolute atomic E-state index is 0.0127. The van der Waals surface area contributed by atoms with Crippen molar-refractivity contribution in [2.24, 2.45) is 0 Å². The Morgan fingerprint density at radius 3 is 2.71 bits per heavy atom. The van der Waals surface area contributed by atoms with Crippen LogP contribution in [0.15, 0.2) is 24.3 Å². The van der Waals surface area contributed by atoms with Gasteiger partial charge >= 0.3 is 6.03 Å². The number of rotatable bonds is 8. The van der Waals surface area contributed by atoms with Crippen molar-refractivity contribution in [1.29, 1.82) is 0 Å². The second-order valence-corrected chi connectivity index (χ2v) is 5.37. The molecule has 0 saturated heterocycles. The Labute approximate surface area is 127 Å². The molecule has 1 aromatic rings. The lowest BCUT2D eigenvalue weighted by Crippen LogP contribution is -2.41. The average Bonchev–Trinajstić information content (AvgIpc) is 2.44. The van der Waals surface area contributed by atoms with Crippen LogP contribution in [0.2, 0.25) is 0 Å². The van der Waals surface area contributed by atoms with Crippen LogP contribution in [0.25, 0.3) is 0 Å². The maximum atomic E-state index is 12.0. The van der Waals surface area contributed by atoms with Gasteiger partial charge in [0.2, 0.25) is 0 Å². The zero-order valence-corrected chi connectivity index (χ0v) is 13.2. The van der Waals surface area contributed by atoms with Gasteiger partial charge in [-0.1, -0.05) is 19.1 Å². The summed E-state index contributed by atoms with van der Waals surface area (Å²) < 4.78 is 0. The molecule has 0 aromatic heterocycles. The van der Waals surface area contributed by atoms with E-state index in [4.69, 9.17) is 5.11 Å². The second-order valence-electron chi connectivity index (χ2n) is 5.37. The van der Waals surface area contributed by atoms with Crippen LogP contribution in [0.3, 0.4) is 0 Å². The van der Waals surface area contributed by atoms with Gasteiger partial charge in [-0.25, -0.2) is 4.79 Å².